The van der Waals surface area contributed by atoms with E-state index in [2.05, 4.69) is 12.1 Å². The minimum atomic E-state index is -0.511. The summed E-state index contributed by atoms with van der Waals surface area (Å²) in [6, 6.07) is 18.2. The summed E-state index contributed by atoms with van der Waals surface area (Å²) < 4.78 is 3.91. The van der Waals surface area contributed by atoms with Crippen molar-refractivity contribution in [2.24, 2.45) is 5.41 Å². The largest absolute Gasteiger partial charge is 0.391 e. The molecule has 2 N–H and O–H groups in total. The fourth-order valence-corrected chi connectivity index (χ4v) is 2.85. The Hall–Kier alpha value is -2.33. The van der Waals surface area contributed by atoms with Crippen molar-refractivity contribution in [2.75, 3.05) is 0 Å². The smallest absolute Gasteiger partial charge is 0.203 e. The molecule has 0 aliphatic heterocycles. The van der Waals surface area contributed by atoms with Gasteiger partial charge >= 0.3 is 0 Å². The van der Waals surface area contributed by atoms with Gasteiger partial charge in [-0.25, -0.2) is 0 Å². The molecule has 3 rings (SSSR count). The van der Waals surface area contributed by atoms with Crippen molar-refractivity contribution < 1.29 is 5.11 Å². The number of benzene rings is 2. The Labute approximate surface area is 142 Å². The molecule has 1 atom stereocenters. The summed E-state index contributed by atoms with van der Waals surface area (Å²) in [5, 5.41) is 19.1. The van der Waals surface area contributed by atoms with Gasteiger partial charge in [-0.2, -0.15) is 0 Å². The van der Waals surface area contributed by atoms with Crippen LogP contribution in [0.2, 0.25) is 0 Å². The number of aliphatic hydroxyl groups is 1. The summed E-state index contributed by atoms with van der Waals surface area (Å²) in [4.78, 5) is 0. The minimum absolute atomic E-state index is 0.220. The predicted octanol–water partition coefficient (Wildman–Crippen LogP) is 3.38. The van der Waals surface area contributed by atoms with Crippen LogP contribution in [0.1, 0.15) is 26.3 Å². The van der Waals surface area contributed by atoms with Crippen LogP contribution >= 0.6 is 0 Å². The first-order chi connectivity index (χ1) is 11.4. The van der Waals surface area contributed by atoms with Gasteiger partial charge in [-0.15, -0.1) is 0 Å². The van der Waals surface area contributed by atoms with Crippen molar-refractivity contribution in [3.8, 4) is 0 Å². The van der Waals surface area contributed by atoms with E-state index in [0.717, 1.165) is 16.6 Å². The van der Waals surface area contributed by atoms with E-state index in [1.54, 1.807) is 0 Å². The molecule has 126 valence electrons. The standard InChI is InChI=1S/C20H25N3O/c1-20(2,3)18(24)14-23-17-12-8-7-11-16(17)22(19(23)21)13-15-9-5-4-6-10-15/h4-12,18,21,24H,13-14H2,1-3H3/t18-/m1/s1. The summed E-state index contributed by atoms with van der Waals surface area (Å²) in [5.41, 5.74) is 3.37. The van der Waals surface area contributed by atoms with Crippen LogP contribution in [-0.4, -0.2) is 20.3 Å². The molecule has 4 nitrogen and oxygen atoms in total. The minimum Gasteiger partial charge on any atom is -0.391 e. The van der Waals surface area contributed by atoms with Gasteiger partial charge in [0.05, 0.1) is 30.2 Å². The predicted molar refractivity (Wildman–Crippen MR) is 96.8 cm³/mol. The van der Waals surface area contributed by atoms with E-state index >= 15 is 0 Å². The molecule has 24 heavy (non-hydrogen) atoms. The average Bonchev–Trinajstić information content (AvgIpc) is 2.81. The molecule has 1 heterocycles. The zero-order valence-electron chi connectivity index (χ0n) is 14.5. The molecular formula is C20H25N3O. The second-order valence-corrected chi connectivity index (χ2v) is 7.38. The second kappa shape index (κ2) is 6.29. The summed E-state index contributed by atoms with van der Waals surface area (Å²) in [6.07, 6.45) is -0.511. The third kappa shape index (κ3) is 3.15. The van der Waals surface area contributed by atoms with Crippen molar-refractivity contribution >= 4 is 11.0 Å². The highest BCUT2D eigenvalue weighted by Gasteiger charge is 2.24. The molecule has 0 saturated carbocycles. The highest BCUT2D eigenvalue weighted by atomic mass is 16.3. The molecule has 1 aromatic heterocycles. The number of hydrogen-bond donors (Lipinski definition) is 2. The lowest BCUT2D eigenvalue weighted by Crippen LogP contribution is -2.35. The summed E-state index contributed by atoms with van der Waals surface area (Å²) >= 11 is 0. The van der Waals surface area contributed by atoms with E-state index in [9.17, 15) is 5.11 Å². The van der Waals surface area contributed by atoms with Gasteiger partial charge in [0.1, 0.15) is 0 Å². The maximum Gasteiger partial charge on any atom is 0.203 e. The van der Waals surface area contributed by atoms with Crippen LogP contribution in [-0.2, 0) is 13.1 Å². The third-order valence-electron chi connectivity index (χ3n) is 4.51. The van der Waals surface area contributed by atoms with Crippen LogP contribution in [0, 0.1) is 10.8 Å². The van der Waals surface area contributed by atoms with E-state index in [-0.39, 0.29) is 5.41 Å². The van der Waals surface area contributed by atoms with Gasteiger partial charge in [0.2, 0.25) is 5.62 Å². The number of hydrogen-bond acceptors (Lipinski definition) is 2. The van der Waals surface area contributed by atoms with Crippen molar-refractivity contribution in [3.63, 3.8) is 0 Å². The highest BCUT2D eigenvalue weighted by molar-refractivity contribution is 5.76. The Morgan fingerprint density at radius 1 is 0.917 bits per heavy atom. The number of imidazole rings is 1. The van der Waals surface area contributed by atoms with Gasteiger partial charge in [-0.3, -0.25) is 5.41 Å². The van der Waals surface area contributed by atoms with Crippen molar-refractivity contribution in [1.82, 2.24) is 9.13 Å². The molecule has 0 bridgehead atoms. The lowest BCUT2D eigenvalue weighted by atomic mass is 9.89. The number of fused-ring (bicyclic) bond motifs is 1. The maximum atomic E-state index is 10.5. The maximum absolute atomic E-state index is 10.5. The van der Waals surface area contributed by atoms with Crippen LogP contribution in [0.3, 0.4) is 0 Å². The number of aliphatic hydroxyl groups excluding tert-OH is 1. The molecule has 0 amide bonds. The summed E-state index contributed by atoms with van der Waals surface area (Å²) in [6.45, 7) is 7.13. The zero-order chi connectivity index (χ0) is 17.3. The Morgan fingerprint density at radius 2 is 1.46 bits per heavy atom. The lowest BCUT2D eigenvalue weighted by Gasteiger charge is -2.26. The van der Waals surface area contributed by atoms with E-state index < -0.39 is 6.10 Å². The Balaban J connectivity index is 2.08. The molecular weight excluding hydrogens is 298 g/mol. The van der Waals surface area contributed by atoms with Gasteiger partial charge < -0.3 is 14.2 Å². The Kier molecular flexibility index (Phi) is 4.33. The number of rotatable bonds is 4. The fourth-order valence-electron chi connectivity index (χ4n) is 2.85. The van der Waals surface area contributed by atoms with Crippen LogP contribution in [0.25, 0.3) is 11.0 Å². The van der Waals surface area contributed by atoms with Crippen molar-refractivity contribution in [2.45, 2.75) is 40.0 Å². The fraction of sp³-hybridized carbons (Fsp3) is 0.350. The highest BCUT2D eigenvalue weighted by Crippen LogP contribution is 2.22. The first-order valence-electron chi connectivity index (χ1n) is 8.32. The molecule has 0 fully saturated rings. The Morgan fingerprint density at radius 3 is 2.04 bits per heavy atom. The topological polar surface area (TPSA) is 53.9 Å². The molecule has 0 unspecified atom stereocenters. The molecule has 0 aliphatic carbocycles. The summed E-state index contributed by atoms with van der Waals surface area (Å²) in [7, 11) is 0. The molecule has 0 aliphatic rings. The van der Waals surface area contributed by atoms with E-state index in [1.165, 1.54) is 0 Å². The molecule has 2 aromatic carbocycles. The van der Waals surface area contributed by atoms with Crippen molar-refractivity contribution in [1.29, 1.82) is 5.41 Å². The molecule has 4 heteroatoms. The van der Waals surface area contributed by atoms with E-state index in [1.807, 2.05) is 72.4 Å². The van der Waals surface area contributed by atoms with Gasteiger partial charge in [0, 0.05) is 0 Å². The summed E-state index contributed by atoms with van der Waals surface area (Å²) in [5.74, 6) is 0. The molecule has 3 aromatic rings. The van der Waals surface area contributed by atoms with Crippen LogP contribution in [0.5, 0.6) is 0 Å². The molecule has 0 spiro atoms. The van der Waals surface area contributed by atoms with Gasteiger partial charge in [0.25, 0.3) is 0 Å². The first kappa shape index (κ1) is 16.5. The second-order valence-electron chi connectivity index (χ2n) is 7.38. The average molecular weight is 323 g/mol. The number of nitrogens with one attached hydrogen (secondary N) is 1. The molecule has 0 radical (unpaired) electrons. The van der Waals surface area contributed by atoms with Crippen LogP contribution < -0.4 is 5.62 Å². The van der Waals surface area contributed by atoms with E-state index in [0.29, 0.717) is 18.7 Å². The number of nitrogens with zero attached hydrogens (tertiary/aromatic N) is 2. The SMILES string of the molecule is CC(C)(C)[C@H](O)Cn1c(=N)n(Cc2ccccc2)c2ccccc21. The monoisotopic (exact) mass is 323 g/mol. The van der Waals surface area contributed by atoms with Gasteiger partial charge in [-0.05, 0) is 23.1 Å². The quantitative estimate of drug-likeness (QED) is 0.760. The lowest BCUT2D eigenvalue weighted by molar-refractivity contribution is 0.0478. The van der Waals surface area contributed by atoms with Crippen LogP contribution in [0.4, 0.5) is 0 Å². The molecule has 0 saturated heterocycles. The number of para-hydroxylation sites is 2. The van der Waals surface area contributed by atoms with E-state index in [4.69, 9.17) is 5.41 Å². The third-order valence-corrected chi connectivity index (χ3v) is 4.51. The van der Waals surface area contributed by atoms with Crippen LogP contribution in [0.15, 0.2) is 54.6 Å². The van der Waals surface area contributed by atoms with Gasteiger partial charge in [0.15, 0.2) is 0 Å². The normalized spacial score (nSPS) is 13.3. The van der Waals surface area contributed by atoms with Gasteiger partial charge in [-0.1, -0.05) is 63.2 Å². The Bertz CT molecular complexity index is 885. The number of aromatic nitrogens is 2. The first-order valence-corrected chi connectivity index (χ1v) is 8.32. The van der Waals surface area contributed by atoms with Crippen molar-refractivity contribution in [3.05, 3.63) is 65.8 Å². The zero-order valence-corrected chi connectivity index (χ0v) is 14.5.